The number of nitrogens with zero attached hydrogens (tertiary/aromatic N) is 5. The van der Waals surface area contributed by atoms with Crippen molar-refractivity contribution in [1.29, 1.82) is 10.5 Å². The van der Waals surface area contributed by atoms with Gasteiger partial charge in [0.1, 0.15) is 0 Å². The summed E-state index contributed by atoms with van der Waals surface area (Å²) in [5.74, 6) is 1.56. The van der Waals surface area contributed by atoms with E-state index in [1.807, 2.05) is 24.3 Å². The highest BCUT2D eigenvalue weighted by Crippen LogP contribution is 2.62. The zero-order valence-electron chi connectivity index (χ0n) is 25.0. The fourth-order valence-electron chi connectivity index (χ4n) is 7.38. The summed E-state index contributed by atoms with van der Waals surface area (Å²) >= 11 is 0. The number of rotatable bonds is 3. The third kappa shape index (κ3) is 3.84. The SMILES string of the molecule is N#Cc1ccc(-c2nc(-c3ccc(C#N)cc3)nc(-c3ccc4c(c3)C3(c5ccccc5-c5ccccc53)c3ccccc3-4)n2)cc1. The summed E-state index contributed by atoms with van der Waals surface area (Å²) < 4.78 is 0. The van der Waals surface area contributed by atoms with E-state index in [0.717, 1.165) is 16.7 Å². The lowest BCUT2D eigenvalue weighted by atomic mass is 9.70. The van der Waals surface area contributed by atoms with Gasteiger partial charge in [-0.05, 0) is 99.1 Å². The quantitative estimate of drug-likeness (QED) is 0.203. The molecule has 2 aliphatic rings. The van der Waals surface area contributed by atoms with Crippen LogP contribution in [0.3, 0.4) is 0 Å². The van der Waals surface area contributed by atoms with Gasteiger partial charge in [-0.25, -0.2) is 15.0 Å². The first-order valence-electron chi connectivity index (χ1n) is 15.4. The van der Waals surface area contributed by atoms with Crippen molar-refractivity contribution in [2.24, 2.45) is 0 Å². The Morgan fingerprint density at radius 1 is 0.383 bits per heavy atom. The number of benzene rings is 6. The molecular weight excluding hydrogens is 574 g/mol. The van der Waals surface area contributed by atoms with Crippen molar-refractivity contribution < 1.29 is 0 Å². The molecule has 0 amide bonds. The van der Waals surface area contributed by atoms with Crippen LogP contribution >= 0.6 is 0 Å². The van der Waals surface area contributed by atoms with Gasteiger partial charge in [0.25, 0.3) is 0 Å². The Bertz CT molecular complexity index is 2340. The lowest BCUT2D eigenvalue weighted by Gasteiger charge is -2.30. The molecule has 5 heteroatoms. The van der Waals surface area contributed by atoms with E-state index in [-0.39, 0.29) is 0 Å². The van der Waals surface area contributed by atoms with Crippen LogP contribution in [-0.2, 0) is 5.41 Å². The Hall–Kier alpha value is -6.69. The molecule has 1 spiro atoms. The highest BCUT2D eigenvalue weighted by atomic mass is 15.0. The first-order valence-corrected chi connectivity index (χ1v) is 15.4. The van der Waals surface area contributed by atoms with Crippen LogP contribution in [0.25, 0.3) is 56.4 Å². The van der Waals surface area contributed by atoms with Crippen LogP contribution in [0.1, 0.15) is 33.4 Å². The fraction of sp³-hybridized carbons (Fsp3) is 0.0238. The monoisotopic (exact) mass is 597 g/mol. The van der Waals surface area contributed by atoms with Gasteiger partial charge in [-0.15, -0.1) is 0 Å². The molecule has 0 aliphatic heterocycles. The highest BCUT2D eigenvalue weighted by Gasteiger charge is 2.51. The molecule has 0 saturated heterocycles. The minimum atomic E-state index is -0.478. The van der Waals surface area contributed by atoms with Gasteiger partial charge in [0, 0.05) is 16.7 Å². The molecule has 216 valence electrons. The van der Waals surface area contributed by atoms with E-state index in [0.29, 0.717) is 28.6 Å². The summed E-state index contributed by atoms with van der Waals surface area (Å²) in [5, 5.41) is 18.7. The molecule has 5 nitrogen and oxygen atoms in total. The smallest absolute Gasteiger partial charge is 0.164 e. The molecule has 9 rings (SSSR count). The zero-order valence-corrected chi connectivity index (χ0v) is 25.0. The van der Waals surface area contributed by atoms with Crippen LogP contribution in [0, 0.1) is 22.7 Å². The molecule has 7 aromatic rings. The lowest BCUT2D eigenvalue weighted by Crippen LogP contribution is -2.25. The number of hydrogen-bond donors (Lipinski definition) is 0. The summed E-state index contributed by atoms with van der Waals surface area (Å²) in [6.45, 7) is 0. The Labute approximate surface area is 271 Å². The van der Waals surface area contributed by atoms with Crippen molar-refractivity contribution in [3.05, 3.63) is 173 Å². The molecule has 1 aromatic heterocycles. The van der Waals surface area contributed by atoms with Crippen LogP contribution in [0.15, 0.2) is 140 Å². The summed E-state index contributed by atoms with van der Waals surface area (Å²) in [7, 11) is 0. The summed E-state index contributed by atoms with van der Waals surface area (Å²) in [5.41, 5.74) is 13.1. The number of nitriles is 2. The molecule has 2 aliphatic carbocycles. The molecule has 47 heavy (non-hydrogen) atoms. The van der Waals surface area contributed by atoms with Crippen LogP contribution in [0.2, 0.25) is 0 Å². The number of aromatic nitrogens is 3. The predicted molar refractivity (Wildman–Crippen MR) is 182 cm³/mol. The largest absolute Gasteiger partial charge is 0.208 e. The average molecular weight is 598 g/mol. The van der Waals surface area contributed by atoms with E-state index < -0.39 is 5.41 Å². The van der Waals surface area contributed by atoms with E-state index in [1.54, 1.807) is 24.3 Å². The van der Waals surface area contributed by atoms with Crippen molar-refractivity contribution in [2.75, 3.05) is 0 Å². The molecule has 0 radical (unpaired) electrons. The van der Waals surface area contributed by atoms with Gasteiger partial charge in [-0.2, -0.15) is 10.5 Å². The molecule has 0 unspecified atom stereocenters. The van der Waals surface area contributed by atoms with Crippen molar-refractivity contribution in [1.82, 2.24) is 15.0 Å². The highest BCUT2D eigenvalue weighted by molar-refractivity contribution is 5.95. The Kier molecular flexibility index (Phi) is 5.78. The minimum Gasteiger partial charge on any atom is -0.208 e. The first kappa shape index (κ1) is 26.7. The zero-order chi connectivity index (χ0) is 31.5. The molecule has 1 heterocycles. The summed E-state index contributed by atoms with van der Waals surface area (Å²) in [6, 6.07) is 51.7. The topological polar surface area (TPSA) is 86.2 Å². The van der Waals surface area contributed by atoms with Crippen LogP contribution in [0.4, 0.5) is 0 Å². The normalized spacial score (nSPS) is 12.8. The third-order valence-electron chi connectivity index (χ3n) is 9.44. The maximum Gasteiger partial charge on any atom is 0.164 e. The van der Waals surface area contributed by atoms with E-state index >= 15 is 0 Å². The Morgan fingerprint density at radius 3 is 1.17 bits per heavy atom. The average Bonchev–Trinajstić information content (AvgIpc) is 3.62. The van der Waals surface area contributed by atoms with Gasteiger partial charge in [-0.3, -0.25) is 0 Å². The second-order valence-electron chi connectivity index (χ2n) is 11.8. The van der Waals surface area contributed by atoms with Gasteiger partial charge in [0.05, 0.1) is 28.7 Å². The van der Waals surface area contributed by atoms with Crippen molar-refractivity contribution >= 4 is 0 Å². The third-order valence-corrected chi connectivity index (χ3v) is 9.44. The molecule has 0 atom stereocenters. The second kappa shape index (κ2) is 10.2. The molecule has 0 N–H and O–H groups in total. The second-order valence-corrected chi connectivity index (χ2v) is 11.8. The van der Waals surface area contributed by atoms with Crippen molar-refractivity contribution in [3.8, 4) is 68.6 Å². The van der Waals surface area contributed by atoms with Crippen LogP contribution in [-0.4, -0.2) is 15.0 Å². The minimum absolute atomic E-state index is 0.478. The fourth-order valence-corrected chi connectivity index (χ4v) is 7.38. The van der Waals surface area contributed by atoms with Crippen molar-refractivity contribution in [2.45, 2.75) is 5.41 Å². The molecule has 6 aromatic carbocycles. The van der Waals surface area contributed by atoms with Gasteiger partial charge in [0.15, 0.2) is 17.5 Å². The van der Waals surface area contributed by atoms with Crippen LogP contribution < -0.4 is 0 Å². The van der Waals surface area contributed by atoms with Crippen molar-refractivity contribution in [3.63, 3.8) is 0 Å². The molecular formula is C42H23N5. The molecule has 0 bridgehead atoms. The standard InChI is InChI=1S/C42H23N5/c43-24-26-13-17-28(18-14-26)39-45-40(29-19-15-27(25-44)16-20-29)47-41(46-39)30-21-22-34-33-9-3-6-12-37(33)42(38(34)23-30)35-10-4-1-7-31(35)32-8-2-5-11-36(32)42/h1-23H. The van der Waals surface area contributed by atoms with E-state index in [4.69, 9.17) is 15.0 Å². The van der Waals surface area contributed by atoms with Gasteiger partial charge in [0.2, 0.25) is 0 Å². The van der Waals surface area contributed by atoms with Gasteiger partial charge < -0.3 is 0 Å². The summed E-state index contributed by atoms with van der Waals surface area (Å²) in [6.07, 6.45) is 0. The number of hydrogen-bond acceptors (Lipinski definition) is 5. The van der Waals surface area contributed by atoms with Crippen LogP contribution in [0.5, 0.6) is 0 Å². The Morgan fingerprint density at radius 2 is 0.745 bits per heavy atom. The first-order chi connectivity index (χ1) is 23.2. The van der Waals surface area contributed by atoms with E-state index in [1.165, 1.54) is 44.5 Å². The van der Waals surface area contributed by atoms with E-state index in [9.17, 15) is 10.5 Å². The van der Waals surface area contributed by atoms with Gasteiger partial charge >= 0.3 is 0 Å². The molecule has 0 fully saturated rings. The molecule has 0 saturated carbocycles. The van der Waals surface area contributed by atoms with E-state index in [2.05, 4.69) is 103 Å². The maximum atomic E-state index is 9.37. The maximum absolute atomic E-state index is 9.37. The van der Waals surface area contributed by atoms with Gasteiger partial charge in [-0.1, -0.05) is 84.9 Å². The number of fused-ring (bicyclic) bond motifs is 10. The Balaban J connectivity index is 1.29. The predicted octanol–water partition coefficient (Wildman–Crippen LogP) is 8.96. The summed E-state index contributed by atoms with van der Waals surface area (Å²) in [4.78, 5) is 14.9. The lowest BCUT2D eigenvalue weighted by molar-refractivity contribution is 0.794.